The third-order valence-corrected chi connectivity index (χ3v) is 2.00. The first kappa shape index (κ1) is 6.89. The lowest BCUT2D eigenvalue weighted by Gasteiger charge is -1.85. The van der Waals surface area contributed by atoms with Crippen molar-refractivity contribution in [2.75, 3.05) is 0 Å². The highest BCUT2D eigenvalue weighted by Gasteiger charge is 2.28. The highest BCUT2D eigenvalue weighted by molar-refractivity contribution is 5.05. The Kier molecular flexibility index (Phi) is 1.68. The fraction of sp³-hybridized carbons (Fsp3) is 0.667. The van der Waals surface area contributed by atoms with E-state index in [-0.39, 0.29) is 0 Å². The lowest BCUT2D eigenvalue weighted by Crippen LogP contribution is -1.83. The molecule has 0 unspecified atom stereocenters. The summed E-state index contributed by atoms with van der Waals surface area (Å²) in [5.74, 6) is 1.62. The van der Waals surface area contributed by atoms with Crippen LogP contribution >= 0.6 is 0 Å². The number of aromatic nitrogens is 1. The molecule has 1 fully saturated rings. The van der Waals surface area contributed by atoms with E-state index in [1.54, 1.807) is 6.26 Å². The first-order valence-corrected chi connectivity index (χ1v) is 4.34. The molecule has 1 saturated carbocycles. The zero-order valence-electron chi connectivity index (χ0n) is 6.84. The minimum absolute atomic E-state index is 0.653. The fourth-order valence-corrected chi connectivity index (χ4v) is 1.21. The number of aryl methyl sites for hydroxylation is 1. The van der Waals surface area contributed by atoms with Gasteiger partial charge in [0.1, 0.15) is 6.26 Å². The molecule has 0 aromatic carbocycles. The van der Waals surface area contributed by atoms with Crippen LogP contribution in [-0.2, 0) is 6.42 Å². The van der Waals surface area contributed by atoms with Crippen molar-refractivity contribution in [3.63, 3.8) is 0 Å². The van der Waals surface area contributed by atoms with Gasteiger partial charge in [0.15, 0.2) is 5.89 Å². The van der Waals surface area contributed by atoms with Crippen LogP contribution < -0.4 is 0 Å². The van der Waals surface area contributed by atoms with Crippen LogP contribution in [0.3, 0.4) is 0 Å². The van der Waals surface area contributed by atoms with Crippen molar-refractivity contribution in [2.24, 2.45) is 0 Å². The monoisotopic (exact) mass is 151 g/mol. The minimum Gasteiger partial charge on any atom is -0.448 e. The topological polar surface area (TPSA) is 26.0 Å². The summed E-state index contributed by atoms with van der Waals surface area (Å²) in [5.41, 5.74) is 1.12. The van der Waals surface area contributed by atoms with Crippen LogP contribution in [0.25, 0.3) is 0 Å². The van der Waals surface area contributed by atoms with Crippen molar-refractivity contribution in [2.45, 2.75) is 38.5 Å². The molecule has 2 rings (SSSR count). The maximum atomic E-state index is 5.33. The Hall–Kier alpha value is -0.790. The molecule has 0 radical (unpaired) electrons. The van der Waals surface area contributed by atoms with Crippen molar-refractivity contribution < 1.29 is 4.42 Å². The summed E-state index contributed by atoms with van der Waals surface area (Å²) in [6, 6.07) is 0. The predicted octanol–water partition coefficient (Wildman–Crippen LogP) is 2.50. The van der Waals surface area contributed by atoms with Gasteiger partial charge in [-0.05, 0) is 19.3 Å². The molecule has 11 heavy (non-hydrogen) atoms. The van der Waals surface area contributed by atoms with E-state index in [2.05, 4.69) is 11.9 Å². The lowest BCUT2D eigenvalue weighted by molar-refractivity contribution is 0.497. The van der Waals surface area contributed by atoms with Crippen LogP contribution in [0.1, 0.15) is 43.7 Å². The van der Waals surface area contributed by atoms with Crippen molar-refractivity contribution in [1.82, 2.24) is 4.98 Å². The first-order valence-electron chi connectivity index (χ1n) is 4.34. The summed E-state index contributed by atoms with van der Waals surface area (Å²) in [7, 11) is 0. The third-order valence-electron chi connectivity index (χ3n) is 2.00. The van der Waals surface area contributed by atoms with Gasteiger partial charge in [0.2, 0.25) is 0 Å². The number of rotatable bonds is 3. The molecule has 0 N–H and O–H groups in total. The second-order valence-electron chi connectivity index (χ2n) is 3.20. The summed E-state index contributed by atoms with van der Waals surface area (Å²) >= 11 is 0. The average molecular weight is 151 g/mol. The third kappa shape index (κ3) is 1.44. The quantitative estimate of drug-likeness (QED) is 0.663. The molecule has 0 bridgehead atoms. The molecule has 0 saturated heterocycles. The molecule has 2 heteroatoms. The largest absolute Gasteiger partial charge is 0.448 e. The Bertz CT molecular complexity index is 237. The normalized spacial score (nSPS) is 17.2. The van der Waals surface area contributed by atoms with E-state index in [1.165, 1.54) is 12.8 Å². The first-order chi connectivity index (χ1) is 5.40. The zero-order valence-corrected chi connectivity index (χ0v) is 6.84. The van der Waals surface area contributed by atoms with E-state index in [9.17, 15) is 0 Å². The maximum absolute atomic E-state index is 5.33. The molecule has 0 aliphatic heterocycles. The van der Waals surface area contributed by atoms with Crippen LogP contribution in [0, 0.1) is 0 Å². The van der Waals surface area contributed by atoms with Gasteiger partial charge in [0.05, 0.1) is 5.69 Å². The molecule has 1 aliphatic rings. The van der Waals surface area contributed by atoms with Crippen LogP contribution in [0.2, 0.25) is 0 Å². The molecule has 1 aromatic rings. The molecule has 2 nitrogen and oxygen atoms in total. The van der Waals surface area contributed by atoms with Crippen LogP contribution in [0.15, 0.2) is 10.7 Å². The van der Waals surface area contributed by atoms with E-state index in [0.29, 0.717) is 5.92 Å². The van der Waals surface area contributed by atoms with E-state index in [1.807, 2.05) is 0 Å². The Balaban J connectivity index is 2.06. The second-order valence-corrected chi connectivity index (χ2v) is 3.20. The molecular weight excluding hydrogens is 138 g/mol. The van der Waals surface area contributed by atoms with Gasteiger partial charge in [0, 0.05) is 5.92 Å². The molecule has 60 valence electrons. The van der Waals surface area contributed by atoms with Gasteiger partial charge in [-0.25, -0.2) is 4.98 Å². The van der Waals surface area contributed by atoms with Crippen molar-refractivity contribution in [3.05, 3.63) is 17.8 Å². The summed E-state index contributed by atoms with van der Waals surface area (Å²) in [4.78, 5) is 4.40. The molecule has 0 spiro atoms. The number of hydrogen-bond acceptors (Lipinski definition) is 2. The summed E-state index contributed by atoms with van der Waals surface area (Å²) in [6.07, 6.45) is 6.54. The number of nitrogens with zero attached hydrogens (tertiary/aromatic N) is 1. The van der Waals surface area contributed by atoms with Gasteiger partial charge < -0.3 is 4.42 Å². The van der Waals surface area contributed by atoms with Crippen molar-refractivity contribution >= 4 is 0 Å². The van der Waals surface area contributed by atoms with Gasteiger partial charge in [-0.2, -0.15) is 0 Å². The van der Waals surface area contributed by atoms with E-state index in [0.717, 1.165) is 24.4 Å². The van der Waals surface area contributed by atoms with Crippen molar-refractivity contribution in [1.29, 1.82) is 0 Å². The average Bonchev–Trinajstić information content (AvgIpc) is 2.75. The van der Waals surface area contributed by atoms with E-state index < -0.39 is 0 Å². The summed E-state index contributed by atoms with van der Waals surface area (Å²) in [5, 5.41) is 0. The van der Waals surface area contributed by atoms with Crippen molar-refractivity contribution in [3.8, 4) is 0 Å². The molecule has 0 atom stereocenters. The Morgan fingerprint density at radius 1 is 1.64 bits per heavy atom. The maximum Gasteiger partial charge on any atom is 0.197 e. The Morgan fingerprint density at radius 2 is 2.45 bits per heavy atom. The summed E-state index contributed by atoms with van der Waals surface area (Å²) in [6.45, 7) is 2.16. The predicted molar refractivity (Wildman–Crippen MR) is 42.5 cm³/mol. The summed E-state index contributed by atoms with van der Waals surface area (Å²) < 4.78 is 5.33. The highest BCUT2D eigenvalue weighted by Crippen LogP contribution is 2.39. The van der Waals surface area contributed by atoms with E-state index >= 15 is 0 Å². The highest BCUT2D eigenvalue weighted by atomic mass is 16.3. The Labute approximate surface area is 66.6 Å². The van der Waals surface area contributed by atoms with Crippen LogP contribution in [0.5, 0.6) is 0 Å². The molecule has 1 aromatic heterocycles. The SMILES string of the molecule is CCCc1coc(C2CC2)n1. The molecule has 0 amide bonds. The minimum atomic E-state index is 0.653. The molecule has 1 heterocycles. The number of oxazole rings is 1. The fourth-order valence-electron chi connectivity index (χ4n) is 1.21. The smallest absolute Gasteiger partial charge is 0.197 e. The molecule has 1 aliphatic carbocycles. The van der Waals surface area contributed by atoms with E-state index in [4.69, 9.17) is 4.42 Å². The van der Waals surface area contributed by atoms with Gasteiger partial charge in [-0.1, -0.05) is 13.3 Å². The van der Waals surface area contributed by atoms with Gasteiger partial charge >= 0.3 is 0 Å². The van der Waals surface area contributed by atoms with Crippen LogP contribution in [0.4, 0.5) is 0 Å². The zero-order chi connectivity index (χ0) is 7.68. The van der Waals surface area contributed by atoms with Crippen LogP contribution in [-0.4, -0.2) is 4.98 Å². The second kappa shape index (κ2) is 2.68. The van der Waals surface area contributed by atoms with Gasteiger partial charge in [-0.15, -0.1) is 0 Å². The van der Waals surface area contributed by atoms with Gasteiger partial charge in [0.25, 0.3) is 0 Å². The lowest BCUT2D eigenvalue weighted by atomic mass is 10.3. The molecular formula is C9H13NO. The van der Waals surface area contributed by atoms with Gasteiger partial charge in [-0.3, -0.25) is 0 Å². The Morgan fingerprint density at radius 3 is 3.09 bits per heavy atom. The standard InChI is InChI=1S/C9H13NO/c1-2-3-8-6-11-9(10-8)7-4-5-7/h6-7H,2-5H2,1H3. The number of hydrogen-bond donors (Lipinski definition) is 0.